The fourth-order valence-electron chi connectivity index (χ4n) is 2.26. The van der Waals surface area contributed by atoms with Crippen LogP contribution in [0.2, 0.25) is 0 Å². The molecule has 22 heavy (non-hydrogen) atoms. The van der Waals surface area contributed by atoms with E-state index in [2.05, 4.69) is 11.9 Å². The molecule has 0 spiro atoms. The van der Waals surface area contributed by atoms with E-state index in [1.165, 1.54) is 6.08 Å². The monoisotopic (exact) mass is 301 g/mol. The van der Waals surface area contributed by atoms with E-state index in [9.17, 15) is 9.59 Å². The third-order valence-corrected chi connectivity index (χ3v) is 3.32. The molecule has 1 aliphatic heterocycles. The van der Waals surface area contributed by atoms with E-state index in [0.29, 0.717) is 12.1 Å². The van der Waals surface area contributed by atoms with E-state index in [0.717, 1.165) is 5.01 Å². The highest BCUT2D eigenvalue weighted by molar-refractivity contribution is 6.02. The second-order valence-corrected chi connectivity index (χ2v) is 4.81. The largest absolute Gasteiger partial charge is 0.444 e. The van der Waals surface area contributed by atoms with E-state index in [4.69, 9.17) is 10.6 Å². The average molecular weight is 301 g/mol. The molecule has 0 fully saturated rings. The van der Waals surface area contributed by atoms with E-state index in [-0.39, 0.29) is 18.4 Å². The van der Waals surface area contributed by atoms with Gasteiger partial charge in [-0.05, 0) is 0 Å². The van der Waals surface area contributed by atoms with Gasteiger partial charge in [0.05, 0.1) is 6.04 Å². The molecule has 0 aromatic heterocycles. The molecule has 116 valence electrons. The fourth-order valence-corrected chi connectivity index (χ4v) is 2.26. The van der Waals surface area contributed by atoms with Crippen molar-refractivity contribution in [1.82, 2.24) is 10.3 Å². The minimum Gasteiger partial charge on any atom is -0.444 e. The van der Waals surface area contributed by atoms with E-state index < -0.39 is 12.1 Å². The maximum Gasteiger partial charge on any atom is 0.425 e. The molecule has 1 aliphatic rings. The summed E-state index contributed by atoms with van der Waals surface area (Å²) in [6, 6.07) is 7.50. The molecule has 1 heterocycles. The summed E-state index contributed by atoms with van der Waals surface area (Å²) in [4.78, 5) is 24.7. The number of nitrogens with zero attached hydrogens (tertiary/aromatic N) is 1. The third-order valence-electron chi connectivity index (χ3n) is 3.32. The Morgan fingerprint density at radius 2 is 2.18 bits per heavy atom. The number of hydrogen-bond acceptors (Lipinski definition) is 5. The van der Waals surface area contributed by atoms with Crippen LogP contribution in [-0.2, 0) is 4.74 Å². The van der Waals surface area contributed by atoms with Crippen molar-refractivity contribution in [3.8, 4) is 0 Å². The SMILES string of the molecule is C=CCOC(=O)N(N)C(C(=O)c1ccccc1)C1C=CCN1. The molecule has 0 bridgehead atoms. The highest BCUT2D eigenvalue weighted by Crippen LogP contribution is 2.14. The predicted octanol–water partition coefficient (Wildman–Crippen LogP) is 1.26. The first-order valence-corrected chi connectivity index (χ1v) is 6.96. The van der Waals surface area contributed by atoms with Crippen LogP contribution in [0.15, 0.2) is 55.1 Å². The van der Waals surface area contributed by atoms with Gasteiger partial charge in [-0.2, -0.15) is 0 Å². The third kappa shape index (κ3) is 3.60. The maximum absolute atomic E-state index is 12.7. The Morgan fingerprint density at radius 1 is 1.45 bits per heavy atom. The standard InChI is InChI=1S/C16H19N3O3/c1-2-11-22-16(21)19(17)14(13-9-6-10-18-13)15(20)12-7-4-3-5-8-12/h2-9,13-14,18H,1,10-11,17H2. The molecular weight excluding hydrogens is 282 g/mol. The molecule has 2 rings (SSSR count). The average Bonchev–Trinajstić information content (AvgIpc) is 3.07. The number of rotatable bonds is 6. The number of nitrogens with two attached hydrogens (primary N) is 1. The molecule has 0 aliphatic carbocycles. The van der Waals surface area contributed by atoms with Crippen LogP contribution in [0.5, 0.6) is 0 Å². The zero-order chi connectivity index (χ0) is 15.9. The first-order valence-electron chi connectivity index (χ1n) is 6.96. The normalized spacial score (nSPS) is 17.8. The summed E-state index contributed by atoms with van der Waals surface area (Å²) in [7, 11) is 0. The second-order valence-electron chi connectivity index (χ2n) is 4.81. The molecule has 1 amide bonds. The number of hydrazine groups is 1. The van der Waals surface area contributed by atoms with Crippen molar-refractivity contribution in [3.05, 3.63) is 60.7 Å². The first kappa shape index (κ1) is 15.9. The molecule has 3 N–H and O–H groups in total. The number of benzene rings is 1. The van der Waals surface area contributed by atoms with Crippen LogP contribution in [0.1, 0.15) is 10.4 Å². The van der Waals surface area contributed by atoms with E-state index >= 15 is 0 Å². The number of carbonyl (C=O) groups excluding carboxylic acids is 2. The van der Waals surface area contributed by atoms with Crippen LogP contribution in [-0.4, -0.2) is 42.1 Å². The van der Waals surface area contributed by atoms with Crippen molar-refractivity contribution in [2.45, 2.75) is 12.1 Å². The van der Waals surface area contributed by atoms with Gasteiger partial charge in [0.1, 0.15) is 12.6 Å². The van der Waals surface area contributed by atoms with E-state index in [1.54, 1.807) is 24.3 Å². The molecular formula is C16H19N3O3. The predicted molar refractivity (Wildman–Crippen MR) is 83.1 cm³/mol. The Balaban J connectivity index is 2.22. The fraction of sp³-hybridized carbons (Fsp3) is 0.250. The Morgan fingerprint density at radius 3 is 2.77 bits per heavy atom. The Kier molecular flexibility index (Phi) is 5.46. The number of Topliss-reactive ketones (excluding diaryl/α,β-unsaturated/α-hetero) is 1. The van der Waals surface area contributed by atoms with Crippen LogP contribution >= 0.6 is 0 Å². The summed E-state index contributed by atoms with van der Waals surface area (Å²) in [6.45, 7) is 4.13. The molecule has 1 aromatic rings. The van der Waals surface area contributed by atoms with Gasteiger partial charge in [-0.25, -0.2) is 15.6 Å². The minimum atomic E-state index is -0.876. The summed E-state index contributed by atoms with van der Waals surface area (Å²) in [5, 5.41) is 3.96. The molecule has 0 saturated heterocycles. The lowest BCUT2D eigenvalue weighted by Gasteiger charge is -2.29. The van der Waals surface area contributed by atoms with Crippen LogP contribution in [0.3, 0.4) is 0 Å². The molecule has 0 radical (unpaired) electrons. The maximum atomic E-state index is 12.7. The van der Waals surface area contributed by atoms with Gasteiger partial charge >= 0.3 is 6.09 Å². The van der Waals surface area contributed by atoms with Gasteiger partial charge in [0.25, 0.3) is 0 Å². The van der Waals surface area contributed by atoms with Crippen LogP contribution < -0.4 is 11.2 Å². The number of carbonyl (C=O) groups is 2. The highest BCUT2D eigenvalue weighted by Gasteiger charge is 2.36. The number of nitrogens with one attached hydrogen (secondary N) is 1. The number of ketones is 1. The molecule has 2 atom stereocenters. The summed E-state index contributed by atoms with van der Waals surface area (Å²) in [5.74, 6) is 5.60. The van der Waals surface area contributed by atoms with Crippen LogP contribution in [0.25, 0.3) is 0 Å². The molecule has 6 heteroatoms. The number of amides is 1. The van der Waals surface area contributed by atoms with Crippen molar-refractivity contribution in [2.24, 2.45) is 5.84 Å². The smallest absolute Gasteiger partial charge is 0.425 e. The Labute approximate surface area is 129 Å². The summed E-state index contributed by atoms with van der Waals surface area (Å²) in [5.41, 5.74) is 0.488. The summed E-state index contributed by atoms with van der Waals surface area (Å²) < 4.78 is 4.92. The van der Waals surface area contributed by atoms with Gasteiger partial charge in [0.2, 0.25) is 0 Å². The zero-order valence-electron chi connectivity index (χ0n) is 12.1. The lowest BCUT2D eigenvalue weighted by Crippen LogP contribution is -2.57. The lowest BCUT2D eigenvalue weighted by atomic mass is 9.98. The number of hydrogen-bond donors (Lipinski definition) is 2. The lowest BCUT2D eigenvalue weighted by molar-refractivity contribution is 0.0678. The quantitative estimate of drug-likeness (QED) is 0.272. The van der Waals surface area contributed by atoms with Gasteiger partial charge in [-0.1, -0.05) is 55.1 Å². The first-order chi connectivity index (χ1) is 10.6. The minimum absolute atomic E-state index is 0.0344. The van der Waals surface area contributed by atoms with Gasteiger partial charge in [0.15, 0.2) is 5.78 Å². The molecule has 6 nitrogen and oxygen atoms in total. The summed E-state index contributed by atoms with van der Waals surface area (Å²) >= 11 is 0. The molecule has 0 saturated carbocycles. The zero-order valence-corrected chi connectivity index (χ0v) is 12.1. The van der Waals surface area contributed by atoms with Crippen molar-refractivity contribution in [1.29, 1.82) is 0 Å². The van der Waals surface area contributed by atoms with E-state index in [1.807, 2.05) is 18.2 Å². The van der Waals surface area contributed by atoms with Gasteiger partial charge in [-0.15, -0.1) is 0 Å². The van der Waals surface area contributed by atoms with Crippen molar-refractivity contribution >= 4 is 11.9 Å². The topological polar surface area (TPSA) is 84.7 Å². The van der Waals surface area contributed by atoms with Gasteiger partial charge in [0, 0.05) is 12.1 Å². The highest BCUT2D eigenvalue weighted by atomic mass is 16.6. The van der Waals surface area contributed by atoms with Crippen LogP contribution in [0.4, 0.5) is 4.79 Å². The van der Waals surface area contributed by atoms with Gasteiger partial charge in [-0.3, -0.25) is 4.79 Å². The second kappa shape index (κ2) is 7.53. The summed E-state index contributed by atoms with van der Waals surface area (Å²) in [6.07, 6.45) is 4.38. The van der Waals surface area contributed by atoms with Crippen molar-refractivity contribution in [2.75, 3.05) is 13.2 Å². The van der Waals surface area contributed by atoms with Crippen LogP contribution in [0, 0.1) is 0 Å². The Bertz CT molecular complexity index is 571. The molecule has 1 aromatic carbocycles. The number of ether oxygens (including phenoxy) is 1. The van der Waals surface area contributed by atoms with Gasteiger partial charge < -0.3 is 10.1 Å². The Hall–Kier alpha value is -2.44. The molecule has 2 unspecified atom stereocenters. The van der Waals surface area contributed by atoms with Crippen molar-refractivity contribution in [3.63, 3.8) is 0 Å². The van der Waals surface area contributed by atoms with Crippen molar-refractivity contribution < 1.29 is 14.3 Å².